The van der Waals surface area contributed by atoms with Crippen molar-refractivity contribution in [2.24, 2.45) is 0 Å². The Morgan fingerprint density at radius 1 is 1.38 bits per heavy atom. The SMILES string of the molecule is C=C(NNC(=O)COC)c1ccc(Cl)cc1. The number of hydrogen-bond donors (Lipinski definition) is 2. The van der Waals surface area contributed by atoms with Crippen molar-refractivity contribution in [1.29, 1.82) is 0 Å². The van der Waals surface area contributed by atoms with Crippen LogP contribution in [0, 0.1) is 0 Å². The van der Waals surface area contributed by atoms with Crippen molar-refractivity contribution in [2.45, 2.75) is 0 Å². The largest absolute Gasteiger partial charge is 0.375 e. The van der Waals surface area contributed by atoms with Crippen molar-refractivity contribution in [1.82, 2.24) is 10.9 Å². The highest BCUT2D eigenvalue weighted by Crippen LogP contribution is 2.13. The van der Waals surface area contributed by atoms with Crippen LogP contribution in [0.3, 0.4) is 0 Å². The topological polar surface area (TPSA) is 50.4 Å². The van der Waals surface area contributed by atoms with E-state index >= 15 is 0 Å². The van der Waals surface area contributed by atoms with Gasteiger partial charge in [0.1, 0.15) is 6.61 Å². The summed E-state index contributed by atoms with van der Waals surface area (Å²) in [7, 11) is 1.45. The molecule has 86 valence electrons. The lowest BCUT2D eigenvalue weighted by Crippen LogP contribution is -2.38. The molecule has 0 aliphatic carbocycles. The first-order valence-corrected chi connectivity index (χ1v) is 5.00. The predicted octanol–water partition coefficient (Wildman–Crippen LogP) is 1.58. The summed E-state index contributed by atoms with van der Waals surface area (Å²) in [6.45, 7) is 3.78. The lowest BCUT2D eigenvalue weighted by molar-refractivity contribution is -0.125. The molecule has 0 heterocycles. The van der Waals surface area contributed by atoms with Gasteiger partial charge in [0.15, 0.2) is 0 Å². The number of benzene rings is 1. The minimum absolute atomic E-state index is 0.000891. The maximum Gasteiger partial charge on any atom is 0.264 e. The van der Waals surface area contributed by atoms with Crippen LogP contribution in [0.4, 0.5) is 0 Å². The Bertz CT molecular complexity index is 376. The van der Waals surface area contributed by atoms with E-state index in [2.05, 4.69) is 22.2 Å². The molecular weight excluding hydrogens is 228 g/mol. The van der Waals surface area contributed by atoms with Gasteiger partial charge in [-0.2, -0.15) is 0 Å². The van der Waals surface area contributed by atoms with E-state index in [0.717, 1.165) is 5.56 Å². The second-order valence-corrected chi connectivity index (χ2v) is 3.53. The van der Waals surface area contributed by atoms with Crippen LogP contribution in [0.25, 0.3) is 5.70 Å². The third-order valence-electron chi connectivity index (χ3n) is 1.82. The normalized spacial score (nSPS) is 9.62. The van der Waals surface area contributed by atoms with E-state index in [1.165, 1.54) is 7.11 Å². The number of hydrogen-bond acceptors (Lipinski definition) is 3. The summed E-state index contributed by atoms with van der Waals surface area (Å²) in [6, 6.07) is 7.11. The first-order chi connectivity index (χ1) is 7.63. The second-order valence-electron chi connectivity index (χ2n) is 3.09. The molecule has 2 N–H and O–H groups in total. The molecule has 0 fully saturated rings. The Kier molecular flexibility index (Phi) is 4.82. The highest BCUT2D eigenvalue weighted by atomic mass is 35.5. The molecule has 0 bridgehead atoms. The van der Waals surface area contributed by atoms with Crippen molar-refractivity contribution in [3.05, 3.63) is 41.4 Å². The van der Waals surface area contributed by atoms with E-state index in [1.807, 2.05) is 0 Å². The number of ether oxygens (including phenoxy) is 1. The molecule has 0 unspecified atom stereocenters. The third kappa shape index (κ3) is 3.92. The number of halogens is 1. The summed E-state index contributed by atoms with van der Waals surface area (Å²) in [4.78, 5) is 11.1. The third-order valence-corrected chi connectivity index (χ3v) is 2.07. The summed E-state index contributed by atoms with van der Waals surface area (Å²) in [5.74, 6) is -0.266. The van der Waals surface area contributed by atoms with Crippen LogP contribution in [-0.4, -0.2) is 19.6 Å². The molecule has 0 aliphatic rings. The van der Waals surface area contributed by atoms with Gasteiger partial charge < -0.3 is 4.74 Å². The molecule has 1 rings (SSSR count). The smallest absolute Gasteiger partial charge is 0.264 e. The molecule has 0 atom stereocenters. The van der Waals surface area contributed by atoms with Gasteiger partial charge in [0.25, 0.3) is 5.91 Å². The second kappa shape index (κ2) is 6.15. The molecule has 16 heavy (non-hydrogen) atoms. The molecular formula is C11H13ClN2O2. The lowest BCUT2D eigenvalue weighted by Gasteiger charge is -2.10. The van der Waals surface area contributed by atoms with E-state index < -0.39 is 0 Å². The van der Waals surface area contributed by atoms with Gasteiger partial charge >= 0.3 is 0 Å². The fraction of sp³-hybridized carbons (Fsp3) is 0.182. The van der Waals surface area contributed by atoms with Crippen LogP contribution in [0.5, 0.6) is 0 Å². The maximum absolute atomic E-state index is 11.1. The van der Waals surface area contributed by atoms with Gasteiger partial charge in [-0.05, 0) is 17.7 Å². The lowest BCUT2D eigenvalue weighted by atomic mass is 10.2. The van der Waals surface area contributed by atoms with Crippen LogP contribution in [-0.2, 0) is 9.53 Å². The summed E-state index contributed by atoms with van der Waals surface area (Å²) in [6.07, 6.45) is 0. The maximum atomic E-state index is 11.1. The molecule has 0 saturated heterocycles. The predicted molar refractivity (Wildman–Crippen MR) is 63.6 cm³/mol. The Labute approximate surface area is 99.2 Å². The summed E-state index contributed by atoms with van der Waals surface area (Å²) in [5.41, 5.74) is 6.57. The van der Waals surface area contributed by atoms with Gasteiger partial charge in [-0.25, -0.2) is 0 Å². The van der Waals surface area contributed by atoms with E-state index in [0.29, 0.717) is 10.7 Å². The van der Waals surface area contributed by atoms with Gasteiger partial charge in [-0.3, -0.25) is 15.6 Å². The average molecular weight is 241 g/mol. The van der Waals surface area contributed by atoms with Crippen LogP contribution < -0.4 is 10.9 Å². The number of rotatable bonds is 5. The zero-order chi connectivity index (χ0) is 12.0. The Hall–Kier alpha value is -1.52. The molecule has 0 aliphatic heterocycles. The van der Waals surface area contributed by atoms with E-state index in [9.17, 15) is 4.79 Å². The fourth-order valence-electron chi connectivity index (χ4n) is 1.04. The fourth-order valence-corrected chi connectivity index (χ4v) is 1.16. The van der Waals surface area contributed by atoms with Gasteiger partial charge in [0.05, 0.1) is 5.70 Å². The number of carbonyl (C=O) groups is 1. The summed E-state index contributed by atoms with van der Waals surface area (Å²) < 4.78 is 4.66. The molecule has 0 saturated carbocycles. The Morgan fingerprint density at radius 3 is 2.56 bits per heavy atom. The number of carbonyl (C=O) groups excluding carboxylic acids is 1. The zero-order valence-corrected chi connectivity index (χ0v) is 9.67. The van der Waals surface area contributed by atoms with Gasteiger partial charge in [-0.1, -0.05) is 30.3 Å². The zero-order valence-electron chi connectivity index (χ0n) is 8.92. The van der Waals surface area contributed by atoms with Crippen LogP contribution in [0.1, 0.15) is 5.56 Å². The quantitative estimate of drug-likeness (QED) is 0.769. The van der Waals surface area contributed by atoms with Gasteiger partial charge in [-0.15, -0.1) is 0 Å². The molecule has 5 heteroatoms. The molecule has 0 spiro atoms. The van der Waals surface area contributed by atoms with E-state index in [-0.39, 0.29) is 12.5 Å². The molecule has 0 radical (unpaired) electrons. The van der Waals surface area contributed by atoms with Crippen LogP contribution in [0.2, 0.25) is 5.02 Å². The van der Waals surface area contributed by atoms with Crippen molar-refractivity contribution in [3.63, 3.8) is 0 Å². The minimum atomic E-state index is -0.266. The highest BCUT2D eigenvalue weighted by molar-refractivity contribution is 6.30. The highest BCUT2D eigenvalue weighted by Gasteiger charge is 2.01. The minimum Gasteiger partial charge on any atom is -0.375 e. The van der Waals surface area contributed by atoms with Crippen LogP contribution >= 0.6 is 11.6 Å². The monoisotopic (exact) mass is 240 g/mol. The standard InChI is InChI=1S/C11H13ClN2O2/c1-8(13-14-11(15)7-16-2)9-3-5-10(12)6-4-9/h3-6,13H,1,7H2,2H3,(H,14,15). The molecule has 4 nitrogen and oxygen atoms in total. The molecule has 1 aromatic rings. The average Bonchev–Trinajstić information content (AvgIpc) is 2.27. The first kappa shape index (κ1) is 12.5. The molecule has 0 aromatic heterocycles. The Morgan fingerprint density at radius 2 is 2.00 bits per heavy atom. The number of hydrazine groups is 1. The summed E-state index contributed by atoms with van der Waals surface area (Å²) >= 11 is 5.75. The van der Waals surface area contributed by atoms with E-state index in [1.54, 1.807) is 24.3 Å². The van der Waals surface area contributed by atoms with Crippen molar-refractivity contribution >= 4 is 23.2 Å². The molecule has 1 aromatic carbocycles. The van der Waals surface area contributed by atoms with Crippen molar-refractivity contribution in [2.75, 3.05) is 13.7 Å². The number of amides is 1. The van der Waals surface area contributed by atoms with Crippen molar-refractivity contribution in [3.8, 4) is 0 Å². The van der Waals surface area contributed by atoms with Gasteiger partial charge in [0, 0.05) is 12.1 Å². The Balaban J connectivity index is 2.47. The first-order valence-electron chi connectivity index (χ1n) is 4.62. The van der Waals surface area contributed by atoms with Gasteiger partial charge in [0.2, 0.25) is 0 Å². The number of nitrogens with one attached hydrogen (secondary N) is 2. The summed E-state index contributed by atoms with van der Waals surface area (Å²) in [5, 5.41) is 0.653. The van der Waals surface area contributed by atoms with Crippen LogP contribution in [0.15, 0.2) is 30.8 Å². The van der Waals surface area contributed by atoms with Crippen molar-refractivity contribution < 1.29 is 9.53 Å². The van der Waals surface area contributed by atoms with E-state index in [4.69, 9.17) is 11.6 Å². The molecule has 1 amide bonds. The number of methoxy groups -OCH3 is 1.